The number of amides is 2. The van der Waals surface area contributed by atoms with Crippen molar-refractivity contribution in [3.63, 3.8) is 0 Å². The Morgan fingerprint density at radius 3 is 2.52 bits per heavy atom. The van der Waals surface area contributed by atoms with Crippen LogP contribution >= 0.6 is 23.2 Å². The van der Waals surface area contributed by atoms with E-state index < -0.39 is 18.5 Å². The summed E-state index contributed by atoms with van der Waals surface area (Å²) in [4.78, 5) is 39.1. The average Bonchev–Trinajstić information content (AvgIpc) is 2.66. The maximum Gasteiger partial charge on any atom is 0.306 e. The lowest BCUT2D eigenvalue weighted by atomic mass is 10.2. The lowest BCUT2D eigenvalue weighted by Crippen LogP contribution is -2.25. The van der Waals surface area contributed by atoms with E-state index in [4.69, 9.17) is 27.9 Å². The molecule has 0 unspecified atom stereocenters. The SMILES string of the molecule is O=C(COC(=O)CCCNC(=O)c1ccc(Cl)cc1)Nc1cccnc1Cl. The molecule has 2 N–H and O–H groups in total. The van der Waals surface area contributed by atoms with E-state index in [1.54, 1.807) is 36.4 Å². The van der Waals surface area contributed by atoms with Crippen molar-refractivity contribution in [2.75, 3.05) is 18.5 Å². The van der Waals surface area contributed by atoms with Crippen molar-refractivity contribution >= 4 is 46.7 Å². The number of esters is 1. The van der Waals surface area contributed by atoms with Crippen LogP contribution in [0, 0.1) is 0 Å². The normalized spacial score (nSPS) is 10.1. The van der Waals surface area contributed by atoms with Gasteiger partial charge in [-0.2, -0.15) is 0 Å². The first-order chi connectivity index (χ1) is 13.0. The van der Waals surface area contributed by atoms with E-state index in [0.29, 0.717) is 29.2 Å². The number of carbonyl (C=O) groups is 3. The lowest BCUT2D eigenvalue weighted by molar-refractivity contribution is -0.147. The second-order valence-electron chi connectivity index (χ2n) is 5.42. The van der Waals surface area contributed by atoms with E-state index >= 15 is 0 Å². The highest BCUT2D eigenvalue weighted by molar-refractivity contribution is 6.32. The molecule has 1 aromatic carbocycles. The largest absolute Gasteiger partial charge is 0.456 e. The second-order valence-corrected chi connectivity index (χ2v) is 6.21. The second kappa shape index (κ2) is 10.5. The summed E-state index contributed by atoms with van der Waals surface area (Å²) in [6.07, 6.45) is 1.94. The number of carbonyl (C=O) groups excluding carboxylic acids is 3. The minimum atomic E-state index is -0.539. The molecule has 2 rings (SSSR count). The van der Waals surface area contributed by atoms with Gasteiger partial charge in [0.15, 0.2) is 11.8 Å². The number of benzene rings is 1. The molecule has 2 aromatic rings. The van der Waals surface area contributed by atoms with Gasteiger partial charge in [0, 0.05) is 29.7 Å². The predicted molar refractivity (Wildman–Crippen MR) is 102 cm³/mol. The number of ether oxygens (including phenoxy) is 1. The Balaban J connectivity index is 1.62. The van der Waals surface area contributed by atoms with Crippen LogP contribution in [0.2, 0.25) is 10.2 Å². The maximum absolute atomic E-state index is 11.9. The molecule has 7 nitrogen and oxygen atoms in total. The number of hydrogen-bond acceptors (Lipinski definition) is 5. The van der Waals surface area contributed by atoms with Gasteiger partial charge in [-0.15, -0.1) is 0 Å². The van der Waals surface area contributed by atoms with Gasteiger partial charge < -0.3 is 15.4 Å². The Morgan fingerprint density at radius 1 is 1.07 bits per heavy atom. The smallest absolute Gasteiger partial charge is 0.306 e. The lowest BCUT2D eigenvalue weighted by Gasteiger charge is -2.08. The van der Waals surface area contributed by atoms with Crippen molar-refractivity contribution in [2.45, 2.75) is 12.8 Å². The summed E-state index contributed by atoms with van der Waals surface area (Å²) in [5, 5.41) is 5.87. The van der Waals surface area contributed by atoms with Gasteiger partial charge in [-0.3, -0.25) is 14.4 Å². The monoisotopic (exact) mass is 409 g/mol. The summed E-state index contributed by atoms with van der Waals surface area (Å²) < 4.78 is 4.88. The van der Waals surface area contributed by atoms with Crippen molar-refractivity contribution in [2.24, 2.45) is 0 Å². The van der Waals surface area contributed by atoms with Crippen LogP contribution in [-0.2, 0) is 14.3 Å². The number of rotatable bonds is 8. The Morgan fingerprint density at radius 2 is 1.81 bits per heavy atom. The van der Waals surface area contributed by atoms with Crippen LogP contribution in [0.5, 0.6) is 0 Å². The van der Waals surface area contributed by atoms with Gasteiger partial charge in [-0.25, -0.2) is 4.98 Å². The molecule has 9 heteroatoms. The number of nitrogens with zero attached hydrogens (tertiary/aromatic N) is 1. The molecule has 0 spiro atoms. The first kappa shape index (κ1) is 20.7. The molecule has 0 saturated heterocycles. The molecule has 1 heterocycles. The minimum absolute atomic E-state index is 0.0713. The molecular weight excluding hydrogens is 393 g/mol. The zero-order valence-electron chi connectivity index (χ0n) is 14.2. The van der Waals surface area contributed by atoms with Crippen LogP contribution in [0.15, 0.2) is 42.6 Å². The highest BCUT2D eigenvalue weighted by Crippen LogP contribution is 2.17. The van der Waals surface area contributed by atoms with Crippen LogP contribution in [0.1, 0.15) is 23.2 Å². The molecule has 0 fully saturated rings. The van der Waals surface area contributed by atoms with Crippen LogP contribution in [0.4, 0.5) is 5.69 Å². The highest BCUT2D eigenvalue weighted by Gasteiger charge is 2.10. The van der Waals surface area contributed by atoms with Crippen LogP contribution in [0.25, 0.3) is 0 Å². The third kappa shape index (κ3) is 7.24. The summed E-state index contributed by atoms with van der Waals surface area (Å²) in [5.41, 5.74) is 0.817. The van der Waals surface area contributed by atoms with Gasteiger partial charge in [0.05, 0.1) is 5.69 Å². The van der Waals surface area contributed by atoms with E-state index in [9.17, 15) is 14.4 Å². The Kier molecular flexibility index (Phi) is 8.03. The predicted octanol–water partition coefficient (Wildman–Crippen LogP) is 3.08. The molecule has 2 amide bonds. The van der Waals surface area contributed by atoms with Gasteiger partial charge in [-0.05, 0) is 42.8 Å². The number of aromatic nitrogens is 1. The van der Waals surface area contributed by atoms with E-state index in [1.165, 1.54) is 6.20 Å². The number of pyridine rings is 1. The zero-order valence-corrected chi connectivity index (χ0v) is 15.7. The van der Waals surface area contributed by atoms with Crippen molar-refractivity contribution in [1.29, 1.82) is 0 Å². The van der Waals surface area contributed by atoms with Gasteiger partial charge in [0.25, 0.3) is 11.8 Å². The molecular formula is C18H17Cl2N3O4. The fourth-order valence-corrected chi connectivity index (χ4v) is 2.31. The zero-order chi connectivity index (χ0) is 19.6. The Labute approximate surface area is 166 Å². The number of halogens is 2. The summed E-state index contributed by atoms with van der Waals surface area (Å²) in [6, 6.07) is 9.66. The molecule has 0 aliphatic heterocycles. The van der Waals surface area contributed by atoms with Crippen molar-refractivity contribution < 1.29 is 19.1 Å². The van der Waals surface area contributed by atoms with Gasteiger partial charge in [0.1, 0.15) is 0 Å². The summed E-state index contributed by atoms with van der Waals surface area (Å²) in [7, 11) is 0. The molecule has 0 bridgehead atoms. The fourth-order valence-electron chi connectivity index (χ4n) is 2.02. The quantitative estimate of drug-likeness (QED) is 0.396. The molecule has 0 aliphatic carbocycles. The first-order valence-electron chi connectivity index (χ1n) is 8.05. The van der Waals surface area contributed by atoms with Gasteiger partial charge in [-0.1, -0.05) is 23.2 Å². The molecule has 0 saturated carbocycles. The minimum Gasteiger partial charge on any atom is -0.456 e. The maximum atomic E-state index is 11.9. The Hall–Kier alpha value is -2.64. The van der Waals surface area contributed by atoms with Crippen molar-refractivity contribution in [3.05, 3.63) is 58.3 Å². The third-order valence-electron chi connectivity index (χ3n) is 3.35. The molecule has 0 atom stereocenters. The molecule has 142 valence electrons. The average molecular weight is 410 g/mol. The van der Waals surface area contributed by atoms with Crippen LogP contribution in [0.3, 0.4) is 0 Å². The van der Waals surface area contributed by atoms with E-state index in [0.717, 1.165) is 0 Å². The van der Waals surface area contributed by atoms with E-state index in [2.05, 4.69) is 15.6 Å². The van der Waals surface area contributed by atoms with Gasteiger partial charge in [0.2, 0.25) is 0 Å². The molecule has 27 heavy (non-hydrogen) atoms. The fraction of sp³-hybridized carbons (Fsp3) is 0.222. The summed E-state index contributed by atoms with van der Waals surface area (Å²) in [6.45, 7) is -0.130. The van der Waals surface area contributed by atoms with E-state index in [1.807, 2.05) is 0 Å². The van der Waals surface area contributed by atoms with Crippen molar-refractivity contribution in [3.8, 4) is 0 Å². The Bertz CT molecular complexity index is 813. The summed E-state index contributed by atoms with van der Waals surface area (Å²) in [5.74, 6) is -1.31. The topological polar surface area (TPSA) is 97.4 Å². The number of nitrogens with one attached hydrogen (secondary N) is 2. The third-order valence-corrected chi connectivity index (χ3v) is 3.90. The van der Waals surface area contributed by atoms with Crippen molar-refractivity contribution in [1.82, 2.24) is 10.3 Å². The first-order valence-corrected chi connectivity index (χ1v) is 8.81. The highest BCUT2D eigenvalue weighted by atomic mass is 35.5. The molecule has 1 aromatic heterocycles. The molecule has 0 radical (unpaired) electrons. The number of hydrogen-bond donors (Lipinski definition) is 2. The van der Waals surface area contributed by atoms with E-state index in [-0.39, 0.29) is 17.5 Å². The summed E-state index contributed by atoms with van der Waals surface area (Å²) >= 11 is 11.6. The van der Waals surface area contributed by atoms with Gasteiger partial charge >= 0.3 is 5.97 Å². The van der Waals surface area contributed by atoms with Crippen LogP contribution in [-0.4, -0.2) is 35.9 Å². The van der Waals surface area contributed by atoms with Crippen LogP contribution < -0.4 is 10.6 Å². The molecule has 0 aliphatic rings. The standard InChI is InChI=1S/C18H17Cl2N3O4/c19-13-7-5-12(6-8-13)18(26)22-10-2-4-16(25)27-11-15(24)23-14-3-1-9-21-17(14)20/h1,3,5-9H,2,4,10-11H2,(H,22,26)(H,23,24). The number of anilines is 1.